The number of hydrogen-bond donors (Lipinski definition) is 2. The molecule has 1 saturated carbocycles. The molecule has 0 aromatic heterocycles. The SMILES string of the molecule is NCC1(OCCO)CCC(c2ccccc2)CC1. The Morgan fingerprint density at radius 1 is 1.22 bits per heavy atom. The van der Waals surface area contributed by atoms with E-state index in [1.165, 1.54) is 5.56 Å². The molecule has 1 aromatic rings. The zero-order chi connectivity index (χ0) is 12.8. The largest absolute Gasteiger partial charge is 0.394 e. The van der Waals surface area contributed by atoms with Gasteiger partial charge in [0.1, 0.15) is 0 Å². The minimum absolute atomic E-state index is 0.0733. The van der Waals surface area contributed by atoms with Crippen molar-refractivity contribution in [3.63, 3.8) is 0 Å². The van der Waals surface area contributed by atoms with Crippen molar-refractivity contribution in [3.05, 3.63) is 35.9 Å². The molecule has 0 heterocycles. The summed E-state index contributed by atoms with van der Waals surface area (Å²) in [4.78, 5) is 0. The molecule has 1 aliphatic carbocycles. The normalized spacial score (nSPS) is 28.2. The number of rotatable bonds is 5. The smallest absolute Gasteiger partial charge is 0.0805 e. The third-order valence-electron chi connectivity index (χ3n) is 4.04. The van der Waals surface area contributed by atoms with E-state index in [1.807, 2.05) is 0 Å². The highest BCUT2D eigenvalue weighted by Gasteiger charge is 2.35. The Morgan fingerprint density at radius 3 is 2.44 bits per heavy atom. The van der Waals surface area contributed by atoms with E-state index in [2.05, 4.69) is 30.3 Å². The quantitative estimate of drug-likeness (QED) is 0.839. The first-order valence-electron chi connectivity index (χ1n) is 6.79. The van der Waals surface area contributed by atoms with Gasteiger partial charge >= 0.3 is 0 Å². The first kappa shape index (κ1) is 13.5. The van der Waals surface area contributed by atoms with E-state index in [-0.39, 0.29) is 12.2 Å². The molecule has 0 atom stereocenters. The first-order chi connectivity index (χ1) is 8.79. The molecule has 3 heteroatoms. The molecule has 0 bridgehead atoms. The maximum Gasteiger partial charge on any atom is 0.0805 e. The second-order valence-electron chi connectivity index (χ2n) is 5.14. The Morgan fingerprint density at radius 2 is 1.89 bits per heavy atom. The molecule has 0 radical (unpaired) electrons. The average Bonchev–Trinajstić information content (AvgIpc) is 2.47. The van der Waals surface area contributed by atoms with Crippen LogP contribution in [0.25, 0.3) is 0 Å². The minimum atomic E-state index is -0.200. The summed E-state index contributed by atoms with van der Waals surface area (Å²) in [5.74, 6) is 0.628. The molecule has 1 fully saturated rings. The summed E-state index contributed by atoms with van der Waals surface area (Å²) in [6, 6.07) is 10.7. The van der Waals surface area contributed by atoms with Crippen LogP contribution in [0, 0.1) is 0 Å². The van der Waals surface area contributed by atoms with Crippen LogP contribution in [-0.2, 0) is 4.74 Å². The third kappa shape index (κ3) is 3.10. The number of ether oxygens (including phenoxy) is 1. The standard InChI is InChI=1S/C15H23NO2/c16-12-15(18-11-10-17)8-6-14(7-9-15)13-4-2-1-3-5-13/h1-5,14,17H,6-12,16H2. The summed E-state index contributed by atoms with van der Waals surface area (Å²) in [5.41, 5.74) is 7.08. The number of benzene rings is 1. The molecule has 0 amide bonds. The van der Waals surface area contributed by atoms with E-state index >= 15 is 0 Å². The predicted molar refractivity (Wildman–Crippen MR) is 72.5 cm³/mol. The summed E-state index contributed by atoms with van der Waals surface area (Å²) >= 11 is 0. The fraction of sp³-hybridized carbons (Fsp3) is 0.600. The van der Waals surface area contributed by atoms with Gasteiger partial charge in [-0.25, -0.2) is 0 Å². The molecule has 0 aliphatic heterocycles. The lowest BCUT2D eigenvalue weighted by molar-refractivity contribution is -0.0764. The number of aliphatic hydroxyl groups excluding tert-OH is 1. The molecule has 3 nitrogen and oxygen atoms in total. The van der Waals surface area contributed by atoms with Gasteiger partial charge in [-0.3, -0.25) is 0 Å². The van der Waals surface area contributed by atoms with Crippen LogP contribution in [0.3, 0.4) is 0 Å². The number of hydrogen-bond acceptors (Lipinski definition) is 3. The molecule has 2 rings (SSSR count). The molecule has 18 heavy (non-hydrogen) atoms. The van der Waals surface area contributed by atoms with E-state index in [9.17, 15) is 0 Å². The van der Waals surface area contributed by atoms with E-state index in [1.54, 1.807) is 0 Å². The van der Waals surface area contributed by atoms with Crippen molar-refractivity contribution in [2.75, 3.05) is 19.8 Å². The first-order valence-corrected chi connectivity index (χ1v) is 6.79. The Hall–Kier alpha value is -0.900. The molecule has 0 saturated heterocycles. The summed E-state index contributed by atoms with van der Waals surface area (Å²) in [6.07, 6.45) is 4.21. The van der Waals surface area contributed by atoms with Gasteiger partial charge in [-0.05, 0) is 37.2 Å². The summed E-state index contributed by atoms with van der Waals surface area (Å²) < 4.78 is 5.78. The topological polar surface area (TPSA) is 55.5 Å². The molecular weight excluding hydrogens is 226 g/mol. The zero-order valence-electron chi connectivity index (χ0n) is 10.8. The molecule has 0 spiro atoms. The molecule has 1 aromatic carbocycles. The second kappa shape index (κ2) is 6.32. The highest BCUT2D eigenvalue weighted by atomic mass is 16.5. The van der Waals surface area contributed by atoms with Crippen molar-refractivity contribution in [1.82, 2.24) is 0 Å². The number of aliphatic hydroxyl groups is 1. The zero-order valence-corrected chi connectivity index (χ0v) is 10.8. The van der Waals surface area contributed by atoms with Crippen molar-refractivity contribution in [2.24, 2.45) is 5.73 Å². The van der Waals surface area contributed by atoms with Crippen molar-refractivity contribution in [2.45, 2.75) is 37.2 Å². The van der Waals surface area contributed by atoms with Gasteiger partial charge in [0.2, 0.25) is 0 Å². The average molecular weight is 249 g/mol. The summed E-state index contributed by atoms with van der Waals surface area (Å²) in [7, 11) is 0. The lowest BCUT2D eigenvalue weighted by Gasteiger charge is -2.39. The van der Waals surface area contributed by atoms with E-state index in [0.29, 0.717) is 19.1 Å². The Kier molecular flexibility index (Phi) is 4.75. The van der Waals surface area contributed by atoms with Gasteiger partial charge in [0, 0.05) is 6.54 Å². The fourth-order valence-electron chi connectivity index (χ4n) is 2.87. The van der Waals surface area contributed by atoms with Crippen LogP contribution in [0.5, 0.6) is 0 Å². The molecular formula is C15H23NO2. The molecule has 100 valence electrons. The maximum absolute atomic E-state index is 8.87. The van der Waals surface area contributed by atoms with E-state index < -0.39 is 0 Å². The van der Waals surface area contributed by atoms with Gasteiger partial charge < -0.3 is 15.6 Å². The van der Waals surface area contributed by atoms with Gasteiger partial charge in [0.25, 0.3) is 0 Å². The van der Waals surface area contributed by atoms with Crippen LogP contribution >= 0.6 is 0 Å². The van der Waals surface area contributed by atoms with Crippen LogP contribution in [0.2, 0.25) is 0 Å². The van der Waals surface area contributed by atoms with Gasteiger partial charge in [-0.1, -0.05) is 30.3 Å². The Balaban J connectivity index is 1.94. The lowest BCUT2D eigenvalue weighted by Crippen LogP contribution is -2.44. The Bertz CT molecular complexity index is 345. The lowest BCUT2D eigenvalue weighted by atomic mass is 9.76. The number of nitrogens with two attached hydrogens (primary N) is 1. The van der Waals surface area contributed by atoms with Gasteiger partial charge in [0.05, 0.1) is 18.8 Å². The van der Waals surface area contributed by atoms with Crippen LogP contribution in [0.1, 0.15) is 37.2 Å². The maximum atomic E-state index is 8.87. The van der Waals surface area contributed by atoms with Gasteiger partial charge in [-0.15, -0.1) is 0 Å². The summed E-state index contributed by atoms with van der Waals surface area (Å²) in [5, 5.41) is 8.87. The molecule has 1 aliphatic rings. The molecule has 0 unspecified atom stereocenters. The minimum Gasteiger partial charge on any atom is -0.394 e. The molecule has 3 N–H and O–H groups in total. The van der Waals surface area contributed by atoms with Crippen LogP contribution in [0.15, 0.2) is 30.3 Å². The van der Waals surface area contributed by atoms with Crippen molar-refractivity contribution >= 4 is 0 Å². The van der Waals surface area contributed by atoms with Gasteiger partial charge in [-0.2, -0.15) is 0 Å². The van der Waals surface area contributed by atoms with Crippen molar-refractivity contribution in [3.8, 4) is 0 Å². The highest BCUT2D eigenvalue weighted by Crippen LogP contribution is 2.39. The van der Waals surface area contributed by atoms with E-state index in [4.69, 9.17) is 15.6 Å². The monoisotopic (exact) mass is 249 g/mol. The fourth-order valence-corrected chi connectivity index (χ4v) is 2.87. The van der Waals surface area contributed by atoms with Crippen LogP contribution in [-0.4, -0.2) is 30.5 Å². The summed E-state index contributed by atoms with van der Waals surface area (Å²) in [6.45, 7) is 1.02. The van der Waals surface area contributed by atoms with E-state index in [0.717, 1.165) is 25.7 Å². The van der Waals surface area contributed by atoms with Crippen LogP contribution in [0.4, 0.5) is 0 Å². The van der Waals surface area contributed by atoms with Crippen molar-refractivity contribution < 1.29 is 9.84 Å². The van der Waals surface area contributed by atoms with Crippen molar-refractivity contribution in [1.29, 1.82) is 0 Å². The predicted octanol–water partition coefficient (Wildman–Crippen LogP) is 2.05. The third-order valence-corrected chi connectivity index (χ3v) is 4.04. The Labute approximate surface area is 109 Å². The van der Waals surface area contributed by atoms with Crippen LogP contribution < -0.4 is 5.73 Å². The highest BCUT2D eigenvalue weighted by molar-refractivity contribution is 5.20. The second-order valence-corrected chi connectivity index (χ2v) is 5.14. The van der Waals surface area contributed by atoms with Gasteiger partial charge in [0.15, 0.2) is 0 Å².